The molecule has 1 fully saturated rings. The van der Waals surface area contributed by atoms with Crippen LogP contribution in [0.25, 0.3) is 0 Å². The molecule has 1 heterocycles. The summed E-state index contributed by atoms with van der Waals surface area (Å²) >= 11 is 0. The van der Waals surface area contributed by atoms with Gasteiger partial charge in [0, 0.05) is 7.05 Å². The Morgan fingerprint density at radius 1 is 1.14 bits per heavy atom. The van der Waals surface area contributed by atoms with Gasteiger partial charge >= 0.3 is 18.0 Å². The second kappa shape index (κ2) is 12.6. The van der Waals surface area contributed by atoms with Crippen LogP contribution in [0.4, 0.5) is 4.79 Å². The molecule has 0 aromatic heterocycles. The molecular formula is C18H32ClN3O6. The third kappa shape index (κ3) is 7.27. The quantitative estimate of drug-likeness (QED) is 0.411. The van der Waals surface area contributed by atoms with Gasteiger partial charge < -0.3 is 15.1 Å². The summed E-state index contributed by atoms with van der Waals surface area (Å²) in [5, 5.41) is 21.4. The highest BCUT2D eigenvalue weighted by Crippen LogP contribution is 2.17. The monoisotopic (exact) mass is 421 g/mol. The SMILES string of the molecule is CCCCCCCC[C@H](N[C@H](C)C(=O)N1C(=O)N(C)C[C@H]1C(=O)O)C(=O)O.Cl. The Morgan fingerprint density at radius 2 is 1.71 bits per heavy atom. The summed E-state index contributed by atoms with van der Waals surface area (Å²) in [6.07, 6.45) is 6.48. The van der Waals surface area contributed by atoms with Gasteiger partial charge in [-0.25, -0.2) is 14.5 Å². The van der Waals surface area contributed by atoms with Crippen molar-refractivity contribution in [3.63, 3.8) is 0 Å². The van der Waals surface area contributed by atoms with Crippen molar-refractivity contribution in [1.82, 2.24) is 15.1 Å². The first-order valence-electron chi connectivity index (χ1n) is 9.50. The summed E-state index contributed by atoms with van der Waals surface area (Å²) in [5.74, 6) is -3.07. The average Bonchev–Trinajstić information content (AvgIpc) is 2.91. The van der Waals surface area contributed by atoms with Crippen molar-refractivity contribution < 1.29 is 29.4 Å². The smallest absolute Gasteiger partial charge is 0.328 e. The molecule has 9 nitrogen and oxygen atoms in total. The van der Waals surface area contributed by atoms with Crippen LogP contribution in [0.15, 0.2) is 0 Å². The average molecular weight is 422 g/mol. The third-order valence-corrected chi connectivity index (χ3v) is 4.78. The molecule has 10 heteroatoms. The fourth-order valence-electron chi connectivity index (χ4n) is 3.16. The number of carboxylic acids is 2. The van der Waals surface area contributed by atoms with Crippen molar-refractivity contribution in [2.75, 3.05) is 13.6 Å². The topological polar surface area (TPSA) is 127 Å². The minimum atomic E-state index is -1.27. The number of hydrogen-bond acceptors (Lipinski definition) is 5. The Bertz CT molecular complexity index is 559. The Morgan fingerprint density at radius 3 is 2.25 bits per heavy atom. The largest absolute Gasteiger partial charge is 0.480 e. The van der Waals surface area contributed by atoms with Gasteiger partial charge in [0.25, 0.3) is 0 Å². The highest BCUT2D eigenvalue weighted by atomic mass is 35.5. The summed E-state index contributed by atoms with van der Waals surface area (Å²) in [6.45, 7) is 3.48. The van der Waals surface area contributed by atoms with E-state index >= 15 is 0 Å². The predicted octanol–water partition coefficient (Wildman–Crippen LogP) is 1.94. The molecule has 0 aromatic rings. The summed E-state index contributed by atoms with van der Waals surface area (Å²) in [7, 11) is 1.42. The van der Waals surface area contributed by atoms with E-state index in [1.807, 2.05) is 0 Å². The Balaban J connectivity index is 0.00000729. The first-order chi connectivity index (χ1) is 12.7. The number of rotatable bonds is 12. The number of likely N-dealkylation sites (N-methyl/N-ethyl adjacent to an activating group) is 1. The number of halogens is 1. The molecule has 1 aliphatic rings. The van der Waals surface area contributed by atoms with Crippen LogP contribution in [0.1, 0.15) is 58.8 Å². The molecule has 0 saturated carbocycles. The van der Waals surface area contributed by atoms with Crippen LogP contribution in [-0.4, -0.2) is 75.6 Å². The molecule has 1 saturated heterocycles. The van der Waals surface area contributed by atoms with Crippen LogP contribution in [0.3, 0.4) is 0 Å². The Labute approximate surface area is 171 Å². The minimum absolute atomic E-state index is 0. The molecule has 0 aromatic carbocycles. The number of hydrogen-bond donors (Lipinski definition) is 3. The van der Waals surface area contributed by atoms with E-state index in [0.29, 0.717) is 11.3 Å². The van der Waals surface area contributed by atoms with Crippen LogP contribution in [0.5, 0.6) is 0 Å². The minimum Gasteiger partial charge on any atom is -0.480 e. The van der Waals surface area contributed by atoms with Gasteiger partial charge in [0.1, 0.15) is 6.04 Å². The van der Waals surface area contributed by atoms with Crippen molar-refractivity contribution in [3.8, 4) is 0 Å². The lowest BCUT2D eigenvalue weighted by atomic mass is 10.0. The van der Waals surface area contributed by atoms with E-state index in [1.165, 1.54) is 14.0 Å². The molecule has 0 bridgehead atoms. The molecule has 162 valence electrons. The molecule has 1 rings (SSSR count). The molecule has 3 amide bonds. The van der Waals surface area contributed by atoms with E-state index < -0.39 is 42.0 Å². The van der Waals surface area contributed by atoms with Crippen LogP contribution in [-0.2, 0) is 14.4 Å². The van der Waals surface area contributed by atoms with Crippen molar-refractivity contribution >= 4 is 36.3 Å². The number of nitrogens with one attached hydrogen (secondary N) is 1. The van der Waals surface area contributed by atoms with Crippen molar-refractivity contribution in [2.24, 2.45) is 0 Å². The van der Waals surface area contributed by atoms with Gasteiger partial charge in [-0.15, -0.1) is 12.4 Å². The van der Waals surface area contributed by atoms with Gasteiger partial charge in [0.05, 0.1) is 12.6 Å². The van der Waals surface area contributed by atoms with E-state index in [9.17, 15) is 29.4 Å². The van der Waals surface area contributed by atoms with Crippen LogP contribution < -0.4 is 5.32 Å². The zero-order chi connectivity index (χ0) is 20.6. The van der Waals surface area contributed by atoms with Crippen LogP contribution in [0.2, 0.25) is 0 Å². The number of urea groups is 1. The van der Waals surface area contributed by atoms with Gasteiger partial charge in [0.15, 0.2) is 6.04 Å². The number of imide groups is 1. The number of carbonyl (C=O) groups excluding carboxylic acids is 2. The van der Waals surface area contributed by atoms with Gasteiger partial charge in [0.2, 0.25) is 5.91 Å². The van der Waals surface area contributed by atoms with E-state index in [0.717, 1.165) is 43.4 Å². The van der Waals surface area contributed by atoms with E-state index in [4.69, 9.17) is 0 Å². The van der Waals surface area contributed by atoms with E-state index in [1.54, 1.807) is 0 Å². The standard InChI is InChI=1S/C18H31N3O6.ClH/c1-4-5-6-7-8-9-10-13(16(23)24)19-12(2)15(22)21-14(17(25)26)11-20(3)18(21)27;/h12-14,19H,4-11H2,1-3H3,(H,23,24)(H,25,26);1H/t12-,13+,14+;/m1./s1. The van der Waals surface area contributed by atoms with Crippen LogP contribution in [0, 0.1) is 0 Å². The molecule has 0 spiro atoms. The molecular weight excluding hydrogens is 390 g/mol. The van der Waals surface area contributed by atoms with Gasteiger partial charge in [-0.3, -0.25) is 14.9 Å². The summed E-state index contributed by atoms with van der Waals surface area (Å²) in [4.78, 5) is 49.3. The molecule has 28 heavy (non-hydrogen) atoms. The molecule has 1 aliphatic heterocycles. The first-order valence-corrected chi connectivity index (χ1v) is 9.50. The van der Waals surface area contributed by atoms with E-state index in [-0.39, 0.29) is 19.0 Å². The third-order valence-electron chi connectivity index (χ3n) is 4.78. The number of aliphatic carboxylic acids is 2. The second-order valence-electron chi connectivity index (χ2n) is 7.06. The Hall–Kier alpha value is -1.87. The lowest BCUT2D eigenvalue weighted by Gasteiger charge is -2.25. The molecule has 3 atom stereocenters. The maximum Gasteiger partial charge on any atom is 0.328 e. The normalized spacial score (nSPS) is 18.5. The van der Waals surface area contributed by atoms with Gasteiger partial charge in [-0.05, 0) is 13.3 Å². The van der Waals surface area contributed by atoms with Crippen molar-refractivity contribution in [3.05, 3.63) is 0 Å². The molecule has 0 unspecified atom stereocenters. The Kier molecular flexibility index (Phi) is 11.7. The van der Waals surface area contributed by atoms with Crippen molar-refractivity contribution in [2.45, 2.75) is 76.9 Å². The highest BCUT2D eigenvalue weighted by molar-refractivity contribution is 6.02. The number of unbranched alkanes of at least 4 members (excludes halogenated alkanes) is 5. The maximum atomic E-state index is 12.6. The summed E-state index contributed by atoms with van der Waals surface area (Å²) < 4.78 is 0. The number of nitrogens with zero attached hydrogens (tertiary/aromatic N) is 2. The predicted molar refractivity (Wildman–Crippen MR) is 106 cm³/mol. The summed E-state index contributed by atoms with van der Waals surface area (Å²) in [6, 6.07) is -3.86. The molecule has 0 radical (unpaired) electrons. The number of carboxylic acid groups (broad SMARTS) is 2. The number of amides is 3. The fourth-order valence-corrected chi connectivity index (χ4v) is 3.16. The highest BCUT2D eigenvalue weighted by Gasteiger charge is 2.45. The van der Waals surface area contributed by atoms with Gasteiger partial charge in [-0.2, -0.15) is 0 Å². The maximum absolute atomic E-state index is 12.6. The lowest BCUT2D eigenvalue weighted by Crippen LogP contribution is -2.54. The second-order valence-corrected chi connectivity index (χ2v) is 7.06. The lowest BCUT2D eigenvalue weighted by molar-refractivity contribution is -0.147. The summed E-state index contributed by atoms with van der Waals surface area (Å²) in [5.41, 5.74) is 0. The van der Waals surface area contributed by atoms with Gasteiger partial charge in [-0.1, -0.05) is 45.4 Å². The fraction of sp³-hybridized carbons (Fsp3) is 0.778. The van der Waals surface area contributed by atoms with Crippen LogP contribution >= 0.6 is 12.4 Å². The zero-order valence-electron chi connectivity index (χ0n) is 16.7. The molecule has 3 N–H and O–H groups in total. The zero-order valence-corrected chi connectivity index (χ0v) is 17.5. The van der Waals surface area contributed by atoms with E-state index in [2.05, 4.69) is 12.2 Å². The molecule has 0 aliphatic carbocycles. The number of carbonyl (C=O) groups is 4. The first kappa shape index (κ1) is 26.1. The van der Waals surface area contributed by atoms with Crippen molar-refractivity contribution in [1.29, 1.82) is 0 Å².